The largest absolute Gasteiger partial charge is 0.356 e. The summed E-state index contributed by atoms with van der Waals surface area (Å²) in [5, 5.41) is 6.16. The van der Waals surface area contributed by atoms with E-state index in [9.17, 15) is 4.79 Å². The van der Waals surface area contributed by atoms with Gasteiger partial charge in [0.1, 0.15) is 0 Å². The molecule has 1 aromatic rings. The zero-order valence-corrected chi connectivity index (χ0v) is 11.6. The van der Waals surface area contributed by atoms with E-state index in [1.54, 1.807) is 0 Å². The third-order valence-corrected chi connectivity index (χ3v) is 2.87. The molecule has 3 heteroatoms. The van der Waals surface area contributed by atoms with Crippen molar-refractivity contribution in [3.63, 3.8) is 0 Å². The van der Waals surface area contributed by atoms with Gasteiger partial charge in [0.15, 0.2) is 0 Å². The van der Waals surface area contributed by atoms with Crippen LogP contribution in [0.2, 0.25) is 0 Å². The first-order valence-electron chi connectivity index (χ1n) is 6.59. The Morgan fingerprint density at radius 3 is 2.44 bits per heavy atom. The standard InChI is InChI=1S/C15H24N2O/c1-12(2)11-17-15(18)10-14(16-3)9-13-7-5-4-6-8-13/h4-8,12,14,16H,9-11H2,1-3H3,(H,17,18). The molecule has 1 atom stereocenters. The van der Waals surface area contributed by atoms with E-state index >= 15 is 0 Å². The number of likely N-dealkylation sites (N-methyl/N-ethyl adjacent to an activating group) is 1. The van der Waals surface area contributed by atoms with Gasteiger partial charge < -0.3 is 10.6 Å². The summed E-state index contributed by atoms with van der Waals surface area (Å²) in [6.07, 6.45) is 1.41. The number of hydrogen-bond donors (Lipinski definition) is 2. The summed E-state index contributed by atoms with van der Waals surface area (Å²) in [7, 11) is 1.91. The SMILES string of the molecule is CNC(CC(=O)NCC(C)C)Cc1ccccc1. The summed E-state index contributed by atoms with van der Waals surface area (Å²) in [6, 6.07) is 10.4. The van der Waals surface area contributed by atoms with Crippen molar-refractivity contribution >= 4 is 5.91 Å². The lowest BCUT2D eigenvalue weighted by molar-refractivity contribution is -0.121. The first kappa shape index (κ1) is 14.7. The number of carbonyl (C=O) groups is 1. The van der Waals surface area contributed by atoms with Crippen LogP contribution in [0.4, 0.5) is 0 Å². The average molecular weight is 248 g/mol. The maximum absolute atomic E-state index is 11.8. The van der Waals surface area contributed by atoms with Crippen molar-refractivity contribution in [3.05, 3.63) is 35.9 Å². The van der Waals surface area contributed by atoms with Gasteiger partial charge >= 0.3 is 0 Å². The molecule has 0 spiro atoms. The Morgan fingerprint density at radius 1 is 1.22 bits per heavy atom. The number of hydrogen-bond acceptors (Lipinski definition) is 2. The van der Waals surface area contributed by atoms with Crippen molar-refractivity contribution in [1.82, 2.24) is 10.6 Å². The number of amides is 1. The molecular formula is C15H24N2O. The molecule has 1 amide bonds. The highest BCUT2D eigenvalue weighted by molar-refractivity contribution is 5.76. The predicted octanol–water partition coefficient (Wildman–Crippen LogP) is 1.98. The third-order valence-electron chi connectivity index (χ3n) is 2.87. The Hall–Kier alpha value is -1.35. The molecule has 100 valence electrons. The highest BCUT2D eigenvalue weighted by Crippen LogP contribution is 2.05. The fourth-order valence-corrected chi connectivity index (χ4v) is 1.79. The van der Waals surface area contributed by atoms with E-state index < -0.39 is 0 Å². The normalized spacial score (nSPS) is 12.4. The molecule has 18 heavy (non-hydrogen) atoms. The molecule has 3 nitrogen and oxygen atoms in total. The lowest BCUT2D eigenvalue weighted by atomic mass is 10.0. The summed E-state index contributed by atoms with van der Waals surface area (Å²) in [4.78, 5) is 11.8. The molecule has 1 unspecified atom stereocenters. The average Bonchev–Trinajstić information content (AvgIpc) is 2.37. The van der Waals surface area contributed by atoms with Crippen LogP contribution in [-0.4, -0.2) is 25.5 Å². The van der Waals surface area contributed by atoms with Crippen molar-refractivity contribution in [1.29, 1.82) is 0 Å². The molecule has 2 N–H and O–H groups in total. The Kier molecular flexibility index (Phi) is 6.44. The first-order chi connectivity index (χ1) is 8.61. The summed E-state index contributed by atoms with van der Waals surface area (Å²) in [6.45, 7) is 4.94. The Balaban J connectivity index is 2.40. The van der Waals surface area contributed by atoms with Crippen LogP contribution in [0.1, 0.15) is 25.8 Å². The third kappa shape index (κ3) is 5.82. The van der Waals surface area contributed by atoms with Crippen LogP contribution in [0.15, 0.2) is 30.3 Å². The van der Waals surface area contributed by atoms with Gasteiger partial charge in [-0.3, -0.25) is 4.79 Å². The number of rotatable bonds is 7. The lowest BCUT2D eigenvalue weighted by Gasteiger charge is -2.16. The van der Waals surface area contributed by atoms with Crippen molar-refractivity contribution in [2.75, 3.05) is 13.6 Å². The zero-order valence-electron chi connectivity index (χ0n) is 11.6. The van der Waals surface area contributed by atoms with Gasteiger partial charge in [0.05, 0.1) is 0 Å². The quantitative estimate of drug-likeness (QED) is 0.774. The maximum atomic E-state index is 11.8. The number of nitrogens with one attached hydrogen (secondary N) is 2. The van der Waals surface area contributed by atoms with E-state index in [1.807, 2.05) is 25.2 Å². The fraction of sp³-hybridized carbons (Fsp3) is 0.533. The highest BCUT2D eigenvalue weighted by atomic mass is 16.1. The van der Waals surface area contributed by atoms with E-state index in [2.05, 4.69) is 36.6 Å². The second-order valence-electron chi connectivity index (χ2n) is 5.08. The zero-order chi connectivity index (χ0) is 13.4. The topological polar surface area (TPSA) is 41.1 Å². The lowest BCUT2D eigenvalue weighted by Crippen LogP contribution is -2.36. The molecule has 0 fully saturated rings. The minimum absolute atomic E-state index is 0.124. The van der Waals surface area contributed by atoms with Crippen LogP contribution in [-0.2, 0) is 11.2 Å². The summed E-state index contributed by atoms with van der Waals surface area (Å²) >= 11 is 0. The molecule has 1 rings (SSSR count). The van der Waals surface area contributed by atoms with E-state index in [1.165, 1.54) is 5.56 Å². The number of carbonyl (C=O) groups excluding carboxylic acids is 1. The molecular weight excluding hydrogens is 224 g/mol. The second-order valence-corrected chi connectivity index (χ2v) is 5.08. The van der Waals surface area contributed by atoms with Crippen molar-refractivity contribution < 1.29 is 4.79 Å². The van der Waals surface area contributed by atoms with Crippen LogP contribution >= 0.6 is 0 Å². The molecule has 0 radical (unpaired) electrons. The van der Waals surface area contributed by atoms with Crippen LogP contribution in [0.5, 0.6) is 0 Å². The molecule has 0 aliphatic carbocycles. The first-order valence-corrected chi connectivity index (χ1v) is 6.59. The van der Waals surface area contributed by atoms with Crippen LogP contribution < -0.4 is 10.6 Å². The van der Waals surface area contributed by atoms with E-state index in [0.29, 0.717) is 12.3 Å². The smallest absolute Gasteiger partial charge is 0.221 e. The van der Waals surface area contributed by atoms with Crippen molar-refractivity contribution in [2.45, 2.75) is 32.7 Å². The minimum Gasteiger partial charge on any atom is -0.356 e. The predicted molar refractivity (Wildman–Crippen MR) is 75.5 cm³/mol. The monoisotopic (exact) mass is 248 g/mol. The Morgan fingerprint density at radius 2 is 1.89 bits per heavy atom. The van der Waals surface area contributed by atoms with Gasteiger partial charge in [0, 0.05) is 19.0 Å². The molecule has 0 aliphatic rings. The Bertz CT molecular complexity index is 349. The van der Waals surface area contributed by atoms with Gasteiger partial charge in [-0.25, -0.2) is 0 Å². The number of benzene rings is 1. The summed E-state index contributed by atoms with van der Waals surface area (Å²) < 4.78 is 0. The summed E-state index contributed by atoms with van der Waals surface area (Å²) in [5.41, 5.74) is 1.26. The van der Waals surface area contributed by atoms with Gasteiger partial charge in [-0.1, -0.05) is 44.2 Å². The molecule has 0 aromatic heterocycles. The fourth-order valence-electron chi connectivity index (χ4n) is 1.79. The van der Waals surface area contributed by atoms with E-state index in [-0.39, 0.29) is 11.9 Å². The minimum atomic E-state index is 0.124. The van der Waals surface area contributed by atoms with E-state index in [4.69, 9.17) is 0 Å². The summed E-state index contributed by atoms with van der Waals surface area (Å²) in [5.74, 6) is 0.620. The van der Waals surface area contributed by atoms with Gasteiger partial charge in [-0.15, -0.1) is 0 Å². The van der Waals surface area contributed by atoms with Crippen molar-refractivity contribution in [3.8, 4) is 0 Å². The molecule has 0 heterocycles. The van der Waals surface area contributed by atoms with Gasteiger partial charge in [-0.05, 0) is 24.9 Å². The van der Waals surface area contributed by atoms with Gasteiger partial charge in [-0.2, -0.15) is 0 Å². The Labute approximate surface area is 110 Å². The van der Waals surface area contributed by atoms with E-state index in [0.717, 1.165) is 13.0 Å². The van der Waals surface area contributed by atoms with Crippen LogP contribution in [0.3, 0.4) is 0 Å². The highest BCUT2D eigenvalue weighted by Gasteiger charge is 2.12. The molecule has 0 bridgehead atoms. The van der Waals surface area contributed by atoms with Gasteiger partial charge in [0.2, 0.25) is 5.91 Å². The molecule has 0 aliphatic heterocycles. The second kappa shape index (κ2) is 7.88. The molecule has 0 saturated heterocycles. The molecule has 1 aromatic carbocycles. The molecule has 0 saturated carbocycles. The van der Waals surface area contributed by atoms with Crippen molar-refractivity contribution in [2.24, 2.45) is 5.92 Å². The van der Waals surface area contributed by atoms with Crippen LogP contribution in [0.25, 0.3) is 0 Å². The van der Waals surface area contributed by atoms with Crippen LogP contribution in [0, 0.1) is 5.92 Å². The maximum Gasteiger partial charge on any atom is 0.221 e. The van der Waals surface area contributed by atoms with Gasteiger partial charge in [0.25, 0.3) is 0 Å².